The Hall–Kier alpha value is -5.98. The van der Waals surface area contributed by atoms with E-state index >= 15 is 0 Å². The Morgan fingerprint density at radius 2 is 1.35 bits per heavy atom. The molecule has 0 aliphatic carbocycles. The average Bonchev–Trinajstić information content (AvgIpc) is 3.75. The van der Waals surface area contributed by atoms with Crippen LogP contribution in [0.1, 0.15) is 61.7 Å². The molecule has 0 spiro atoms. The first-order valence-corrected chi connectivity index (χ1v) is 14.2. The summed E-state index contributed by atoms with van der Waals surface area (Å²) in [6.07, 6.45) is -7.20. The molecule has 2 aromatic carbocycles. The van der Waals surface area contributed by atoms with Crippen molar-refractivity contribution >= 4 is 29.2 Å². The second-order valence-electron chi connectivity index (χ2n) is 10.4. The van der Waals surface area contributed by atoms with Crippen molar-refractivity contribution in [3.05, 3.63) is 94.4 Å². The van der Waals surface area contributed by atoms with Gasteiger partial charge >= 0.3 is 24.3 Å². The van der Waals surface area contributed by atoms with Crippen LogP contribution in [-0.2, 0) is 12.4 Å². The van der Waals surface area contributed by atoms with Crippen molar-refractivity contribution in [2.24, 2.45) is 0 Å². The van der Waals surface area contributed by atoms with E-state index in [9.17, 15) is 50.9 Å². The van der Waals surface area contributed by atoms with Crippen molar-refractivity contribution in [2.45, 2.75) is 26.2 Å². The molecule has 1 aliphatic rings. The Balaban J connectivity index is 1.56. The number of carboxylic acid groups (broad SMARTS) is 2. The van der Waals surface area contributed by atoms with E-state index in [0.717, 1.165) is 28.9 Å². The summed E-state index contributed by atoms with van der Waals surface area (Å²) in [4.78, 5) is 42.6. The lowest BCUT2D eigenvalue weighted by Crippen LogP contribution is -2.36. The number of benzene rings is 2. The van der Waals surface area contributed by atoms with Gasteiger partial charge in [-0.05, 0) is 62.4 Å². The Kier molecular flexibility index (Phi) is 9.05. The largest absolute Gasteiger partial charge is 0.478 e. The van der Waals surface area contributed by atoms with Gasteiger partial charge in [0, 0.05) is 18.7 Å². The van der Waals surface area contributed by atoms with Crippen molar-refractivity contribution < 1.29 is 50.9 Å². The minimum atomic E-state index is -4.92. The smallest absolute Gasteiger partial charge is 0.417 e. The van der Waals surface area contributed by atoms with E-state index in [1.807, 2.05) is 0 Å². The maximum atomic E-state index is 13.4. The third kappa shape index (κ3) is 7.00. The van der Waals surface area contributed by atoms with E-state index in [0.29, 0.717) is 25.2 Å². The van der Waals surface area contributed by atoms with Gasteiger partial charge in [-0.2, -0.15) is 26.3 Å². The minimum absolute atomic E-state index is 0.0173. The highest BCUT2D eigenvalue weighted by molar-refractivity contribution is 5.96. The number of rotatable bonds is 9. The van der Waals surface area contributed by atoms with Crippen LogP contribution in [0.4, 0.5) is 32.0 Å². The number of aromatic nitrogens is 4. The average molecular weight is 691 g/mol. The summed E-state index contributed by atoms with van der Waals surface area (Å²) in [7, 11) is 0. The molecule has 4 N–H and O–H groups in total. The van der Waals surface area contributed by atoms with Gasteiger partial charge in [0.15, 0.2) is 0 Å². The highest BCUT2D eigenvalue weighted by Crippen LogP contribution is 2.35. The number of anilines is 1. The zero-order valence-corrected chi connectivity index (χ0v) is 25.3. The molecule has 0 saturated heterocycles. The first-order valence-electron chi connectivity index (χ1n) is 14.2. The fourth-order valence-corrected chi connectivity index (χ4v) is 4.91. The van der Waals surface area contributed by atoms with Gasteiger partial charge in [-0.15, -0.1) is 10.6 Å². The first-order chi connectivity index (χ1) is 23.0. The molecule has 256 valence electrons. The molecule has 13 nitrogen and oxygen atoms in total. The minimum Gasteiger partial charge on any atom is -0.478 e. The number of carbonyl (C=O) groups is 3. The van der Waals surface area contributed by atoms with Crippen molar-refractivity contribution in [3.8, 4) is 17.1 Å². The van der Waals surface area contributed by atoms with Crippen LogP contribution in [0, 0.1) is 0 Å². The Morgan fingerprint density at radius 1 is 0.796 bits per heavy atom. The number of hydrazine groups is 2. The molecule has 49 heavy (non-hydrogen) atoms. The predicted octanol–water partition coefficient (Wildman–Crippen LogP) is 5.07. The summed E-state index contributed by atoms with van der Waals surface area (Å²) in [5, 5.41) is 27.9. The number of hydrogen-bond donors (Lipinski definition) is 4. The van der Waals surface area contributed by atoms with Gasteiger partial charge in [-0.1, -0.05) is 5.21 Å². The molecule has 5 rings (SSSR count). The van der Waals surface area contributed by atoms with Crippen molar-refractivity contribution in [2.75, 3.05) is 18.1 Å². The summed E-state index contributed by atoms with van der Waals surface area (Å²) >= 11 is 0. The molecule has 4 aromatic rings. The number of carbonyl (C=O) groups excluding carboxylic acids is 1. The third-order valence-corrected chi connectivity index (χ3v) is 7.34. The van der Waals surface area contributed by atoms with Crippen molar-refractivity contribution in [1.82, 2.24) is 35.8 Å². The van der Waals surface area contributed by atoms with Gasteiger partial charge in [-0.3, -0.25) is 15.2 Å². The topological polar surface area (TPSA) is 166 Å². The normalized spacial score (nSPS) is 13.2. The van der Waals surface area contributed by atoms with Crippen LogP contribution in [0.15, 0.2) is 60.9 Å². The zero-order valence-electron chi connectivity index (χ0n) is 25.3. The van der Waals surface area contributed by atoms with Crippen LogP contribution in [-0.4, -0.2) is 66.0 Å². The Bertz CT molecular complexity index is 1990. The number of aromatic carboxylic acids is 2. The van der Waals surface area contributed by atoms with Crippen LogP contribution < -0.4 is 16.0 Å². The van der Waals surface area contributed by atoms with Crippen LogP contribution in [0.25, 0.3) is 22.8 Å². The van der Waals surface area contributed by atoms with Gasteiger partial charge < -0.3 is 15.1 Å². The molecule has 0 fully saturated rings. The fraction of sp³-hybridized carbons (Fsp3) is 0.200. The first kappa shape index (κ1) is 34.4. The summed E-state index contributed by atoms with van der Waals surface area (Å²) in [6.45, 7) is 4.25. The molecule has 3 heterocycles. The maximum absolute atomic E-state index is 13.4. The van der Waals surface area contributed by atoms with E-state index in [2.05, 4.69) is 26.3 Å². The number of amides is 1. The molecular formula is C30H24F6N8O5. The second kappa shape index (κ2) is 12.9. The zero-order chi connectivity index (χ0) is 35.8. The fourth-order valence-electron chi connectivity index (χ4n) is 4.91. The van der Waals surface area contributed by atoms with Crippen molar-refractivity contribution in [3.63, 3.8) is 0 Å². The van der Waals surface area contributed by atoms with Gasteiger partial charge in [0.05, 0.1) is 63.1 Å². The molecule has 0 atom stereocenters. The molecule has 0 unspecified atom stereocenters. The summed E-state index contributed by atoms with van der Waals surface area (Å²) < 4.78 is 81.2. The predicted molar refractivity (Wildman–Crippen MR) is 159 cm³/mol. The number of alkyl halides is 6. The molecule has 19 heteroatoms. The number of carboxylic acids is 2. The Morgan fingerprint density at radius 3 is 1.90 bits per heavy atom. The van der Waals surface area contributed by atoms with Crippen LogP contribution in [0.3, 0.4) is 0 Å². The van der Waals surface area contributed by atoms with E-state index in [1.54, 1.807) is 13.8 Å². The molecule has 1 amide bonds. The lowest BCUT2D eigenvalue weighted by molar-refractivity contribution is -0.138. The van der Waals surface area contributed by atoms with Gasteiger partial charge in [0.2, 0.25) is 0 Å². The number of halogens is 6. The highest BCUT2D eigenvalue weighted by Gasteiger charge is 2.37. The summed E-state index contributed by atoms with van der Waals surface area (Å²) in [5.74, 6) is -3.99. The second-order valence-corrected chi connectivity index (χ2v) is 10.4. The molecule has 0 radical (unpaired) electrons. The van der Waals surface area contributed by atoms with Crippen LogP contribution >= 0.6 is 0 Å². The quantitative estimate of drug-likeness (QED) is 0.173. The summed E-state index contributed by atoms with van der Waals surface area (Å²) in [5.41, 5.74) is 1.33. The highest BCUT2D eigenvalue weighted by atomic mass is 19.4. The molecule has 0 saturated carbocycles. The maximum Gasteiger partial charge on any atom is 0.417 e. The van der Waals surface area contributed by atoms with Crippen LogP contribution in [0.2, 0.25) is 0 Å². The van der Waals surface area contributed by atoms with E-state index in [1.165, 1.54) is 34.4 Å². The monoisotopic (exact) mass is 690 g/mol. The van der Waals surface area contributed by atoms with E-state index in [4.69, 9.17) is 0 Å². The SMILES string of the molecule is CCN(CC)C(=O)c1cc(C2=CN(c3ccc(C(F)(F)F)c(C(=O)O)c3)NN2)nc(-c2cn(-c3ccc(C(F)(F)F)c(C(=O)O)c3)nn2)c1. The molecular weight excluding hydrogens is 666 g/mol. The van der Waals surface area contributed by atoms with Gasteiger partial charge in [0.25, 0.3) is 5.91 Å². The summed E-state index contributed by atoms with van der Waals surface area (Å²) in [6, 6.07) is 7.75. The number of nitrogens with one attached hydrogen (secondary N) is 2. The molecule has 0 bridgehead atoms. The lowest BCUT2D eigenvalue weighted by Gasteiger charge is -2.19. The number of hydrogen-bond acceptors (Lipinski definition) is 9. The molecule has 1 aliphatic heterocycles. The number of nitrogens with zero attached hydrogens (tertiary/aromatic N) is 6. The van der Waals surface area contributed by atoms with Crippen LogP contribution in [0.5, 0.6) is 0 Å². The molecule has 2 aromatic heterocycles. The standard InChI is InChI=1S/C30H24F6N8O5/c1-3-42(4-2)26(45)15-9-22(24-13-43(40-38-24)16-5-7-20(29(31,32)33)18(11-16)27(46)47)37-23(10-15)25-14-44(41-39-25)17-6-8-21(30(34,35)36)19(12-17)28(48)49/h5-14,38,40H,3-4H2,1-2H3,(H,46,47)(H,48,49). The lowest BCUT2D eigenvalue weighted by atomic mass is 10.1. The van der Waals surface area contributed by atoms with Crippen molar-refractivity contribution in [1.29, 1.82) is 0 Å². The van der Waals surface area contributed by atoms with E-state index < -0.39 is 52.5 Å². The number of pyridine rings is 1. The van der Waals surface area contributed by atoms with Gasteiger partial charge in [0.1, 0.15) is 5.69 Å². The van der Waals surface area contributed by atoms with Gasteiger partial charge in [-0.25, -0.2) is 19.3 Å². The Labute approximate surface area is 272 Å². The third-order valence-electron chi connectivity index (χ3n) is 7.34. The van der Waals surface area contributed by atoms with E-state index in [-0.39, 0.29) is 39.7 Å².